The second-order valence-corrected chi connectivity index (χ2v) is 6.19. The maximum absolute atomic E-state index is 12.7. The molecular weight excluding hydrogens is 282 g/mol. The van der Waals surface area contributed by atoms with Gasteiger partial charge in [0, 0.05) is 25.3 Å². The highest BCUT2D eigenvalue weighted by Gasteiger charge is 2.46. The lowest BCUT2D eigenvalue weighted by Gasteiger charge is -2.43. The van der Waals surface area contributed by atoms with Gasteiger partial charge in [-0.2, -0.15) is 0 Å². The zero-order valence-corrected chi connectivity index (χ0v) is 12.3. The predicted molar refractivity (Wildman–Crippen MR) is 78.9 cm³/mol. The molecule has 3 atom stereocenters. The van der Waals surface area contributed by atoms with Gasteiger partial charge in [-0.15, -0.1) is 0 Å². The summed E-state index contributed by atoms with van der Waals surface area (Å²) in [6.45, 7) is 0.313. The molecule has 1 aromatic carbocycles. The van der Waals surface area contributed by atoms with Crippen molar-refractivity contribution in [1.29, 1.82) is 0 Å². The molecule has 1 aliphatic carbocycles. The van der Waals surface area contributed by atoms with Crippen LogP contribution in [0.1, 0.15) is 31.2 Å². The maximum Gasteiger partial charge on any atom is 0.326 e. The molecule has 1 aliphatic heterocycles. The van der Waals surface area contributed by atoms with E-state index < -0.39 is 12.0 Å². The SMILES string of the molecule is O=C1CC[C@H]2C(=O)N(Cc3ccccc3)[C@H](C(=O)O)C[C@H]2C1. The van der Waals surface area contributed by atoms with Crippen LogP contribution in [0.15, 0.2) is 30.3 Å². The predicted octanol–water partition coefficient (Wildman–Crippen LogP) is 1.86. The zero-order valence-electron chi connectivity index (χ0n) is 12.3. The second-order valence-electron chi connectivity index (χ2n) is 6.19. The van der Waals surface area contributed by atoms with Crippen LogP contribution in [0.3, 0.4) is 0 Å². The Morgan fingerprint density at radius 1 is 1.23 bits per heavy atom. The van der Waals surface area contributed by atoms with Crippen LogP contribution in [-0.2, 0) is 20.9 Å². The lowest BCUT2D eigenvalue weighted by molar-refractivity contribution is -0.161. The van der Waals surface area contributed by atoms with Gasteiger partial charge in [-0.3, -0.25) is 9.59 Å². The Morgan fingerprint density at radius 2 is 1.95 bits per heavy atom. The first-order valence-electron chi connectivity index (χ1n) is 7.65. The minimum atomic E-state index is -0.985. The number of piperidine rings is 1. The van der Waals surface area contributed by atoms with Gasteiger partial charge in [-0.05, 0) is 24.3 Å². The van der Waals surface area contributed by atoms with E-state index in [0.717, 1.165) is 5.56 Å². The summed E-state index contributed by atoms with van der Waals surface area (Å²) in [5.74, 6) is -1.26. The van der Waals surface area contributed by atoms with E-state index in [1.54, 1.807) is 0 Å². The summed E-state index contributed by atoms with van der Waals surface area (Å²) in [7, 11) is 0. The molecule has 1 aromatic rings. The van der Waals surface area contributed by atoms with E-state index in [0.29, 0.717) is 32.2 Å². The van der Waals surface area contributed by atoms with Gasteiger partial charge >= 0.3 is 5.97 Å². The minimum Gasteiger partial charge on any atom is -0.480 e. The van der Waals surface area contributed by atoms with E-state index in [2.05, 4.69) is 0 Å². The van der Waals surface area contributed by atoms with Gasteiger partial charge in [0.25, 0.3) is 0 Å². The van der Waals surface area contributed by atoms with E-state index in [-0.39, 0.29) is 23.5 Å². The highest BCUT2D eigenvalue weighted by Crippen LogP contribution is 2.38. The number of Topliss-reactive ketones (excluding diaryl/α,β-unsaturated/α-hetero) is 1. The first-order valence-corrected chi connectivity index (χ1v) is 7.65. The average molecular weight is 301 g/mol. The first kappa shape index (κ1) is 14.8. The quantitative estimate of drug-likeness (QED) is 0.924. The van der Waals surface area contributed by atoms with Crippen LogP contribution < -0.4 is 0 Å². The molecule has 0 bridgehead atoms. The van der Waals surface area contributed by atoms with Crippen LogP contribution in [0.25, 0.3) is 0 Å². The topological polar surface area (TPSA) is 74.7 Å². The summed E-state index contributed by atoms with van der Waals surface area (Å²) in [6, 6.07) is 8.59. The van der Waals surface area contributed by atoms with Gasteiger partial charge in [-0.25, -0.2) is 4.79 Å². The highest BCUT2D eigenvalue weighted by molar-refractivity contribution is 5.89. The summed E-state index contributed by atoms with van der Waals surface area (Å²) < 4.78 is 0. The molecule has 1 saturated carbocycles. The summed E-state index contributed by atoms with van der Waals surface area (Å²) in [5.41, 5.74) is 0.924. The van der Waals surface area contributed by atoms with E-state index in [1.165, 1.54) is 4.90 Å². The third-order valence-corrected chi connectivity index (χ3v) is 4.78. The lowest BCUT2D eigenvalue weighted by atomic mass is 9.72. The van der Waals surface area contributed by atoms with Crippen molar-refractivity contribution in [3.8, 4) is 0 Å². The number of hydrogen-bond donors (Lipinski definition) is 1. The fraction of sp³-hybridized carbons (Fsp3) is 0.471. The van der Waals surface area contributed by atoms with Crippen molar-refractivity contribution in [3.63, 3.8) is 0 Å². The number of carbonyl (C=O) groups is 3. The van der Waals surface area contributed by atoms with E-state index in [4.69, 9.17) is 0 Å². The molecule has 0 aromatic heterocycles. The molecule has 1 saturated heterocycles. The molecule has 1 heterocycles. The van der Waals surface area contributed by atoms with Gasteiger partial charge in [0.1, 0.15) is 11.8 Å². The molecule has 0 spiro atoms. The van der Waals surface area contributed by atoms with Crippen LogP contribution in [0.5, 0.6) is 0 Å². The van der Waals surface area contributed by atoms with Crippen molar-refractivity contribution in [1.82, 2.24) is 4.90 Å². The number of carbonyl (C=O) groups excluding carboxylic acids is 2. The molecule has 1 N–H and O–H groups in total. The van der Waals surface area contributed by atoms with Crippen molar-refractivity contribution < 1.29 is 19.5 Å². The molecule has 116 valence electrons. The summed E-state index contributed by atoms with van der Waals surface area (Å²) in [6.07, 6.45) is 1.72. The Bertz CT molecular complexity index is 598. The monoisotopic (exact) mass is 301 g/mol. The van der Waals surface area contributed by atoms with Crippen LogP contribution in [0.2, 0.25) is 0 Å². The number of aliphatic carboxylic acids is 1. The summed E-state index contributed by atoms with van der Waals surface area (Å²) in [5, 5.41) is 9.48. The van der Waals surface area contributed by atoms with Crippen molar-refractivity contribution in [2.24, 2.45) is 11.8 Å². The van der Waals surface area contributed by atoms with Crippen LogP contribution >= 0.6 is 0 Å². The normalized spacial score (nSPS) is 28.4. The number of fused-ring (bicyclic) bond motifs is 1. The molecule has 5 nitrogen and oxygen atoms in total. The summed E-state index contributed by atoms with van der Waals surface area (Å²) >= 11 is 0. The van der Waals surface area contributed by atoms with Gasteiger partial charge < -0.3 is 10.0 Å². The lowest BCUT2D eigenvalue weighted by Crippen LogP contribution is -2.55. The molecule has 22 heavy (non-hydrogen) atoms. The number of amides is 1. The average Bonchev–Trinajstić information content (AvgIpc) is 2.50. The smallest absolute Gasteiger partial charge is 0.326 e. The Kier molecular flexibility index (Phi) is 3.96. The maximum atomic E-state index is 12.7. The molecule has 2 fully saturated rings. The fourth-order valence-electron chi connectivity index (χ4n) is 3.64. The van der Waals surface area contributed by atoms with E-state index in [9.17, 15) is 19.5 Å². The Balaban J connectivity index is 1.85. The molecule has 3 rings (SSSR count). The Hall–Kier alpha value is -2.17. The van der Waals surface area contributed by atoms with E-state index in [1.807, 2.05) is 30.3 Å². The number of likely N-dealkylation sites (tertiary alicyclic amines) is 1. The molecule has 0 radical (unpaired) electrons. The van der Waals surface area contributed by atoms with Crippen LogP contribution in [0.4, 0.5) is 0 Å². The van der Waals surface area contributed by atoms with Gasteiger partial charge in [-0.1, -0.05) is 30.3 Å². The molecular formula is C17H19NO4. The summed E-state index contributed by atoms with van der Waals surface area (Å²) in [4.78, 5) is 37.4. The Morgan fingerprint density at radius 3 is 2.64 bits per heavy atom. The highest BCUT2D eigenvalue weighted by atomic mass is 16.4. The fourth-order valence-corrected chi connectivity index (χ4v) is 3.64. The Labute approximate surface area is 128 Å². The molecule has 2 aliphatic rings. The number of carboxylic acids is 1. The largest absolute Gasteiger partial charge is 0.480 e. The number of ketones is 1. The van der Waals surface area contributed by atoms with E-state index >= 15 is 0 Å². The van der Waals surface area contributed by atoms with Crippen molar-refractivity contribution in [3.05, 3.63) is 35.9 Å². The minimum absolute atomic E-state index is 0.109. The first-order chi connectivity index (χ1) is 10.6. The molecule has 5 heteroatoms. The molecule has 1 amide bonds. The second kappa shape index (κ2) is 5.91. The number of hydrogen-bond acceptors (Lipinski definition) is 3. The van der Waals surface area contributed by atoms with Gasteiger partial charge in [0.2, 0.25) is 5.91 Å². The third-order valence-electron chi connectivity index (χ3n) is 4.78. The number of benzene rings is 1. The van der Waals surface area contributed by atoms with Crippen LogP contribution in [-0.4, -0.2) is 33.7 Å². The zero-order chi connectivity index (χ0) is 15.7. The molecule has 0 unspecified atom stereocenters. The van der Waals surface area contributed by atoms with Crippen molar-refractivity contribution in [2.45, 2.75) is 38.3 Å². The van der Waals surface area contributed by atoms with Gasteiger partial charge in [0.05, 0.1) is 0 Å². The van der Waals surface area contributed by atoms with Gasteiger partial charge in [0.15, 0.2) is 0 Å². The van der Waals surface area contributed by atoms with Crippen LogP contribution in [0, 0.1) is 11.8 Å². The third kappa shape index (κ3) is 2.75. The standard InChI is InChI=1S/C17H19NO4/c19-13-6-7-14-12(8-13)9-15(17(21)22)18(16(14)20)10-11-4-2-1-3-5-11/h1-5,12,14-15H,6-10H2,(H,21,22)/t12-,14-,15+/m1/s1. The number of carboxylic acid groups (broad SMARTS) is 1. The van der Waals surface area contributed by atoms with Crippen molar-refractivity contribution in [2.75, 3.05) is 0 Å². The number of rotatable bonds is 3. The number of nitrogens with zero attached hydrogens (tertiary/aromatic N) is 1. The van der Waals surface area contributed by atoms with Crippen molar-refractivity contribution >= 4 is 17.7 Å².